The van der Waals surface area contributed by atoms with Gasteiger partial charge in [-0.05, 0) is 103 Å². The molecule has 50 heavy (non-hydrogen) atoms. The normalized spacial score (nSPS) is 16.0. The first-order valence-electron chi connectivity index (χ1n) is 17.2. The van der Waals surface area contributed by atoms with Gasteiger partial charge >= 0.3 is 0 Å². The monoisotopic (exact) mass is 682 g/mol. The van der Waals surface area contributed by atoms with Gasteiger partial charge in [0.15, 0.2) is 0 Å². The third kappa shape index (κ3) is 4.06. The van der Waals surface area contributed by atoms with Crippen molar-refractivity contribution in [2.24, 2.45) is 0 Å². The van der Waals surface area contributed by atoms with Crippen LogP contribution in [0.25, 0.3) is 66.1 Å². The fourth-order valence-corrected chi connectivity index (χ4v) is 14.5. The highest BCUT2D eigenvalue weighted by atomic mass is 32.3. The van der Waals surface area contributed by atoms with Crippen LogP contribution in [0.5, 0.6) is 0 Å². The summed E-state index contributed by atoms with van der Waals surface area (Å²) in [7, 11) is -2.67. The highest BCUT2D eigenvalue weighted by Crippen LogP contribution is 2.71. The highest BCUT2D eigenvalue weighted by molar-refractivity contribution is 8.35. The van der Waals surface area contributed by atoms with Crippen LogP contribution in [0.15, 0.2) is 177 Å². The lowest BCUT2D eigenvalue weighted by molar-refractivity contribution is 1.10. The number of nitrogens with zero attached hydrogens (tertiary/aromatic N) is 2. The van der Waals surface area contributed by atoms with Crippen LogP contribution in [0.3, 0.4) is 0 Å². The molecule has 0 amide bonds. The van der Waals surface area contributed by atoms with E-state index in [-0.39, 0.29) is 0 Å². The molecule has 1 aliphatic rings. The molecule has 1 aliphatic heterocycles. The van der Waals surface area contributed by atoms with E-state index in [1.54, 1.807) is 0 Å². The molecule has 2 nitrogen and oxygen atoms in total. The molecule has 0 radical (unpaired) electrons. The van der Waals surface area contributed by atoms with Gasteiger partial charge in [-0.25, -0.2) is 0 Å². The van der Waals surface area contributed by atoms with Gasteiger partial charge < -0.3 is 9.13 Å². The molecule has 0 aliphatic carbocycles. The van der Waals surface area contributed by atoms with Gasteiger partial charge in [0, 0.05) is 52.5 Å². The van der Waals surface area contributed by atoms with Crippen molar-refractivity contribution in [1.29, 1.82) is 0 Å². The van der Waals surface area contributed by atoms with Crippen molar-refractivity contribution in [3.05, 3.63) is 158 Å². The van der Waals surface area contributed by atoms with Gasteiger partial charge in [-0.2, -0.15) is 20.1 Å². The SMILES string of the molecule is CS1(C)c2ccccc2-c2ccccc2S(C)(C)c2cc(-n3c4ccccc4c4cc(-n5c6ccccc6c6ccccc65)ccc43)ccc21. The second-order valence-corrected chi connectivity index (χ2v) is 21.3. The quantitative estimate of drug-likeness (QED) is 0.172. The molecule has 3 heterocycles. The van der Waals surface area contributed by atoms with E-state index in [2.05, 4.69) is 192 Å². The summed E-state index contributed by atoms with van der Waals surface area (Å²) >= 11 is 0. The Morgan fingerprint density at radius 1 is 0.320 bits per heavy atom. The fourth-order valence-electron chi connectivity index (χ4n) is 8.54. The first kappa shape index (κ1) is 29.7. The molecule has 0 atom stereocenters. The minimum absolute atomic E-state index is 1.18. The predicted octanol–water partition coefficient (Wildman–Crippen LogP) is 12.8. The summed E-state index contributed by atoms with van der Waals surface area (Å²) in [6.45, 7) is 0. The molecule has 0 bridgehead atoms. The second kappa shape index (κ2) is 10.7. The summed E-state index contributed by atoms with van der Waals surface area (Å²) in [5.41, 5.74) is 10.1. The maximum atomic E-state index is 2.54. The van der Waals surface area contributed by atoms with E-state index in [4.69, 9.17) is 0 Å². The van der Waals surface area contributed by atoms with E-state index in [0.29, 0.717) is 0 Å². The van der Waals surface area contributed by atoms with Crippen molar-refractivity contribution < 1.29 is 0 Å². The van der Waals surface area contributed by atoms with Gasteiger partial charge in [0.25, 0.3) is 0 Å². The Morgan fingerprint density at radius 2 is 0.720 bits per heavy atom. The van der Waals surface area contributed by atoms with Crippen LogP contribution < -0.4 is 0 Å². The van der Waals surface area contributed by atoms with Crippen molar-refractivity contribution >= 4 is 63.7 Å². The summed E-state index contributed by atoms with van der Waals surface area (Å²) in [4.78, 5) is 5.91. The van der Waals surface area contributed by atoms with E-state index in [1.165, 1.54) is 85.7 Å². The molecule has 244 valence electrons. The number of benzene rings is 7. The van der Waals surface area contributed by atoms with Crippen molar-refractivity contribution in [1.82, 2.24) is 9.13 Å². The van der Waals surface area contributed by atoms with E-state index in [1.807, 2.05) is 0 Å². The zero-order valence-corrected chi connectivity index (χ0v) is 30.4. The van der Waals surface area contributed by atoms with Crippen molar-refractivity contribution in [2.75, 3.05) is 25.0 Å². The largest absolute Gasteiger partial charge is 0.309 e. The average Bonchev–Trinajstić information content (AvgIpc) is 3.67. The first-order chi connectivity index (χ1) is 24.3. The van der Waals surface area contributed by atoms with Gasteiger partial charge in [-0.15, -0.1) is 0 Å². The first-order valence-corrected chi connectivity index (χ1v) is 22.1. The number of rotatable bonds is 2. The fraction of sp³-hybridized carbons (Fsp3) is 0.0870. The van der Waals surface area contributed by atoms with Crippen molar-refractivity contribution in [3.8, 4) is 22.5 Å². The van der Waals surface area contributed by atoms with E-state index in [0.717, 1.165) is 0 Å². The van der Waals surface area contributed by atoms with Crippen LogP contribution in [0.4, 0.5) is 0 Å². The van der Waals surface area contributed by atoms with Crippen LogP contribution in [-0.4, -0.2) is 34.2 Å². The van der Waals surface area contributed by atoms with Gasteiger partial charge in [-0.3, -0.25) is 0 Å². The lowest BCUT2D eigenvalue weighted by Gasteiger charge is -2.45. The number of para-hydroxylation sites is 3. The molecule has 4 heteroatoms. The van der Waals surface area contributed by atoms with Crippen LogP contribution in [-0.2, 0) is 0 Å². The molecule has 7 aromatic carbocycles. The topological polar surface area (TPSA) is 9.86 Å². The molecular formula is C46H38N2S2. The van der Waals surface area contributed by atoms with Gasteiger partial charge in [-0.1, -0.05) is 91.0 Å². The third-order valence-corrected chi connectivity index (χ3v) is 16.9. The summed E-state index contributed by atoms with van der Waals surface area (Å²) in [5.74, 6) is 0. The number of hydrogen-bond acceptors (Lipinski definition) is 0. The zero-order chi connectivity index (χ0) is 33.8. The molecule has 0 unspecified atom stereocenters. The number of fused-ring (bicyclic) bond motifs is 10. The van der Waals surface area contributed by atoms with Crippen LogP contribution in [0.1, 0.15) is 0 Å². The lowest BCUT2D eigenvalue weighted by atomic mass is 10.1. The molecule has 9 aromatic rings. The molecule has 10 rings (SSSR count). The molecule has 2 aromatic heterocycles. The maximum Gasteiger partial charge on any atom is 0.0542 e. The number of aromatic nitrogens is 2. The van der Waals surface area contributed by atoms with Crippen LogP contribution >= 0.6 is 20.1 Å². The maximum absolute atomic E-state index is 2.54. The van der Waals surface area contributed by atoms with E-state index >= 15 is 0 Å². The second-order valence-electron chi connectivity index (χ2n) is 14.2. The summed E-state index contributed by atoms with van der Waals surface area (Å²) < 4.78 is 4.92. The summed E-state index contributed by atoms with van der Waals surface area (Å²) in [6, 6.07) is 59.1. The Labute approximate surface area is 296 Å². The number of hydrogen-bond donors (Lipinski definition) is 0. The van der Waals surface area contributed by atoms with Crippen molar-refractivity contribution in [2.45, 2.75) is 19.6 Å². The lowest BCUT2D eigenvalue weighted by Crippen LogP contribution is -2.11. The Hall–Kier alpha value is -5.16. The molecule has 0 spiro atoms. The Kier molecular flexibility index (Phi) is 6.34. The minimum atomic E-state index is -1.37. The van der Waals surface area contributed by atoms with Gasteiger partial charge in [0.05, 0.1) is 22.1 Å². The standard InChI is InChI=1S/C46H38N2S2/c1-49(2)43-23-13-8-18-36(43)37-19-9-14-24-44(37)50(3,4)46-30-32(26-28-45(46)49)48-41-22-12-7-17-35(41)38-29-31(25-27-42(38)48)47-39-20-10-5-15-33(39)34-16-6-11-21-40(34)47/h5-30H,1-4H3. The van der Waals surface area contributed by atoms with Gasteiger partial charge in [0.2, 0.25) is 0 Å². The Balaban J connectivity index is 1.23. The summed E-state index contributed by atoms with van der Waals surface area (Å²) in [5, 5.41) is 5.11. The molecule has 0 saturated heterocycles. The highest BCUT2D eigenvalue weighted by Gasteiger charge is 2.34. The molecule has 0 N–H and O–H groups in total. The molecule has 0 fully saturated rings. The Bertz CT molecular complexity index is 2780. The van der Waals surface area contributed by atoms with E-state index < -0.39 is 20.1 Å². The smallest absolute Gasteiger partial charge is 0.0542 e. The summed E-state index contributed by atoms with van der Waals surface area (Å²) in [6.07, 6.45) is 9.98. The predicted molar refractivity (Wildman–Crippen MR) is 219 cm³/mol. The molecular weight excluding hydrogens is 645 g/mol. The van der Waals surface area contributed by atoms with Crippen molar-refractivity contribution in [3.63, 3.8) is 0 Å². The third-order valence-electron chi connectivity index (χ3n) is 10.9. The minimum Gasteiger partial charge on any atom is -0.309 e. The average molecular weight is 683 g/mol. The van der Waals surface area contributed by atoms with Crippen LogP contribution in [0.2, 0.25) is 0 Å². The molecule has 0 saturated carbocycles. The zero-order valence-electron chi connectivity index (χ0n) is 28.7. The van der Waals surface area contributed by atoms with Crippen LogP contribution in [0, 0.1) is 0 Å². The van der Waals surface area contributed by atoms with E-state index in [9.17, 15) is 0 Å². The van der Waals surface area contributed by atoms with Gasteiger partial charge in [0.1, 0.15) is 0 Å². The Morgan fingerprint density at radius 3 is 1.28 bits per heavy atom.